The van der Waals surface area contributed by atoms with Crippen LogP contribution < -0.4 is 10.2 Å². The summed E-state index contributed by atoms with van der Waals surface area (Å²) in [5.41, 5.74) is 3.25. The highest BCUT2D eigenvalue weighted by Crippen LogP contribution is 2.22. The van der Waals surface area contributed by atoms with Crippen LogP contribution in [-0.2, 0) is 4.79 Å². The molecule has 1 rings (SSSR count). The van der Waals surface area contributed by atoms with Crippen molar-refractivity contribution in [3.05, 3.63) is 28.8 Å². The zero-order valence-corrected chi connectivity index (χ0v) is 10.8. The minimum absolute atomic E-state index is 0.294. The fourth-order valence-corrected chi connectivity index (χ4v) is 1.43. The van der Waals surface area contributed by atoms with Gasteiger partial charge >= 0.3 is 0 Å². The van der Waals surface area contributed by atoms with E-state index in [9.17, 15) is 4.79 Å². The van der Waals surface area contributed by atoms with Gasteiger partial charge < -0.3 is 4.74 Å². The first-order valence-corrected chi connectivity index (χ1v) is 5.62. The van der Waals surface area contributed by atoms with Gasteiger partial charge in [-0.05, 0) is 44.5 Å². The molecule has 5 heteroatoms. The fourth-order valence-electron chi connectivity index (χ4n) is 1.21. The monoisotopic (exact) mass is 254 g/mol. The number of hydrazone groups is 1. The molecule has 0 aromatic heterocycles. The maximum absolute atomic E-state index is 11.5. The van der Waals surface area contributed by atoms with Gasteiger partial charge in [-0.25, -0.2) is 5.43 Å². The lowest BCUT2D eigenvalue weighted by molar-refractivity contribution is -0.127. The van der Waals surface area contributed by atoms with Crippen LogP contribution >= 0.6 is 11.6 Å². The van der Waals surface area contributed by atoms with E-state index in [0.717, 1.165) is 5.56 Å². The van der Waals surface area contributed by atoms with E-state index in [1.807, 2.05) is 6.92 Å². The molecule has 17 heavy (non-hydrogen) atoms. The molecule has 0 fully saturated rings. The molecule has 0 saturated carbocycles. The topological polar surface area (TPSA) is 50.7 Å². The van der Waals surface area contributed by atoms with Crippen molar-refractivity contribution in [2.45, 2.75) is 26.9 Å². The summed E-state index contributed by atoms with van der Waals surface area (Å²) >= 11 is 5.83. The molecular weight excluding hydrogens is 240 g/mol. The fraction of sp³-hybridized carbons (Fsp3) is 0.333. The Balaban J connectivity index is 2.67. The van der Waals surface area contributed by atoms with Crippen molar-refractivity contribution in [2.24, 2.45) is 5.10 Å². The van der Waals surface area contributed by atoms with Crippen molar-refractivity contribution in [1.29, 1.82) is 0 Å². The average Bonchev–Trinajstić information content (AvgIpc) is 2.29. The van der Waals surface area contributed by atoms with E-state index in [-0.39, 0.29) is 5.91 Å². The van der Waals surface area contributed by atoms with E-state index in [1.54, 1.807) is 32.0 Å². The number of rotatable bonds is 4. The number of carbonyl (C=O) groups is 1. The molecule has 0 radical (unpaired) electrons. The maximum atomic E-state index is 11.5. The number of benzene rings is 1. The Morgan fingerprint density at radius 2 is 2.29 bits per heavy atom. The molecule has 0 aliphatic rings. The Kier molecular flexibility index (Phi) is 4.97. The van der Waals surface area contributed by atoms with E-state index in [2.05, 4.69) is 10.5 Å². The van der Waals surface area contributed by atoms with Gasteiger partial charge in [0, 0.05) is 11.2 Å². The second kappa shape index (κ2) is 6.25. The van der Waals surface area contributed by atoms with Crippen LogP contribution in [0.5, 0.6) is 5.75 Å². The van der Waals surface area contributed by atoms with Gasteiger partial charge in [-0.15, -0.1) is 0 Å². The minimum atomic E-state index is -0.612. The highest BCUT2D eigenvalue weighted by atomic mass is 35.5. The van der Waals surface area contributed by atoms with Crippen LogP contribution in [0.15, 0.2) is 23.3 Å². The third kappa shape index (κ3) is 4.07. The molecule has 1 N–H and O–H groups in total. The first-order valence-electron chi connectivity index (χ1n) is 5.25. The number of hydrogen-bond donors (Lipinski definition) is 1. The van der Waals surface area contributed by atoms with Crippen molar-refractivity contribution in [3.8, 4) is 5.75 Å². The summed E-state index contributed by atoms with van der Waals surface area (Å²) < 4.78 is 5.51. The van der Waals surface area contributed by atoms with Gasteiger partial charge in [-0.3, -0.25) is 4.79 Å². The van der Waals surface area contributed by atoms with Gasteiger partial charge in [0.15, 0.2) is 6.10 Å². The van der Waals surface area contributed by atoms with E-state index in [4.69, 9.17) is 16.3 Å². The highest BCUT2D eigenvalue weighted by molar-refractivity contribution is 6.30. The second-order valence-electron chi connectivity index (χ2n) is 3.53. The van der Waals surface area contributed by atoms with Crippen molar-refractivity contribution in [2.75, 3.05) is 0 Å². The van der Waals surface area contributed by atoms with E-state index >= 15 is 0 Å². The van der Waals surface area contributed by atoms with Crippen LogP contribution in [0, 0.1) is 6.92 Å². The molecule has 0 aliphatic heterocycles. The smallest absolute Gasteiger partial charge is 0.280 e. The summed E-state index contributed by atoms with van der Waals surface area (Å²) in [7, 11) is 0. The summed E-state index contributed by atoms with van der Waals surface area (Å²) in [4.78, 5) is 11.5. The Morgan fingerprint density at radius 3 is 2.88 bits per heavy atom. The third-order valence-electron chi connectivity index (χ3n) is 2.11. The molecule has 92 valence electrons. The van der Waals surface area contributed by atoms with Crippen LogP contribution in [-0.4, -0.2) is 18.2 Å². The summed E-state index contributed by atoms with van der Waals surface area (Å²) in [6.45, 7) is 5.25. The summed E-state index contributed by atoms with van der Waals surface area (Å²) in [6.07, 6.45) is 0.886. The first kappa shape index (κ1) is 13.5. The van der Waals surface area contributed by atoms with Gasteiger partial charge in [0.25, 0.3) is 5.91 Å². The lowest BCUT2D eigenvalue weighted by Gasteiger charge is -2.14. The number of halogens is 1. The molecule has 1 aromatic carbocycles. The van der Waals surface area contributed by atoms with Crippen LogP contribution in [0.1, 0.15) is 19.4 Å². The summed E-state index contributed by atoms with van der Waals surface area (Å²) in [6, 6.07) is 5.24. The lowest BCUT2D eigenvalue weighted by Crippen LogP contribution is -2.33. The van der Waals surface area contributed by atoms with Crippen molar-refractivity contribution < 1.29 is 9.53 Å². The molecule has 0 heterocycles. The number of amides is 1. The lowest BCUT2D eigenvalue weighted by atomic mass is 10.2. The van der Waals surface area contributed by atoms with Gasteiger partial charge in [0.1, 0.15) is 5.75 Å². The molecule has 0 spiro atoms. The quantitative estimate of drug-likeness (QED) is 0.663. The molecule has 0 unspecified atom stereocenters. The Bertz CT molecular complexity index is 433. The predicted octanol–water partition coefficient (Wildman–Crippen LogP) is 2.54. The molecule has 1 atom stereocenters. The first-order chi connectivity index (χ1) is 8.04. The summed E-state index contributed by atoms with van der Waals surface area (Å²) in [5.74, 6) is 0.343. The largest absolute Gasteiger partial charge is 0.481 e. The molecule has 1 aromatic rings. The highest BCUT2D eigenvalue weighted by Gasteiger charge is 2.14. The maximum Gasteiger partial charge on any atom is 0.280 e. The molecule has 1 amide bonds. The van der Waals surface area contributed by atoms with Crippen LogP contribution in [0.25, 0.3) is 0 Å². The van der Waals surface area contributed by atoms with Gasteiger partial charge in [-0.1, -0.05) is 11.6 Å². The van der Waals surface area contributed by atoms with Crippen molar-refractivity contribution >= 4 is 23.7 Å². The van der Waals surface area contributed by atoms with Gasteiger partial charge in [0.2, 0.25) is 0 Å². The zero-order chi connectivity index (χ0) is 12.8. The van der Waals surface area contributed by atoms with Crippen LogP contribution in [0.2, 0.25) is 5.02 Å². The second-order valence-corrected chi connectivity index (χ2v) is 3.97. The van der Waals surface area contributed by atoms with Gasteiger partial charge in [0.05, 0.1) is 0 Å². The Morgan fingerprint density at radius 1 is 1.59 bits per heavy atom. The van der Waals surface area contributed by atoms with E-state index in [0.29, 0.717) is 10.8 Å². The third-order valence-corrected chi connectivity index (χ3v) is 2.35. The standard InChI is InChI=1S/C12H15ClN2O2/c1-4-14-15-12(16)9(3)17-11-6-5-10(13)7-8(11)2/h4-7,9H,1-3H3,(H,15,16)/b14-4-/t9-/m1/s1. The molecular formula is C12H15ClN2O2. The average molecular weight is 255 g/mol. The molecule has 0 aliphatic carbocycles. The Labute approximate surface area is 106 Å². The zero-order valence-electron chi connectivity index (χ0n) is 10.0. The number of nitrogens with zero attached hydrogens (tertiary/aromatic N) is 1. The number of aryl methyl sites for hydroxylation is 1. The van der Waals surface area contributed by atoms with E-state index < -0.39 is 6.10 Å². The Hall–Kier alpha value is -1.55. The predicted molar refractivity (Wildman–Crippen MR) is 68.6 cm³/mol. The SMILES string of the molecule is C/C=N\NC(=O)[C@@H](C)Oc1ccc(Cl)cc1C. The van der Waals surface area contributed by atoms with E-state index in [1.165, 1.54) is 6.21 Å². The van der Waals surface area contributed by atoms with Crippen LogP contribution in [0.4, 0.5) is 0 Å². The number of ether oxygens (including phenoxy) is 1. The normalized spacial score (nSPS) is 12.5. The van der Waals surface area contributed by atoms with Crippen molar-refractivity contribution in [1.82, 2.24) is 5.43 Å². The van der Waals surface area contributed by atoms with Crippen LogP contribution in [0.3, 0.4) is 0 Å². The molecule has 0 saturated heterocycles. The number of hydrogen-bond acceptors (Lipinski definition) is 3. The number of nitrogens with one attached hydrogen (secondary N) is 1. The molecule has 0 bridgehead atoms. The summed E-state index contributed by atoms with van der Waals surface area (Å²) in [5, 5.41) is 4.29. The molecule has 4 nitrogen and oxygen atoms in total. The van der Waals surface area contributed by atoms with Gasteiger partial charge in [-0.2, -0.15) is 5.10 Å². The minimum Gasteiger partial charge on any atom is -0.481 e. The van der Waals surface area contributed by atoms with Crippen molar-refractivity contribution in [3.63, 3.8) is 0 Å². The number of carbonyl (C=O) groups excluding carboxylic acids is 1.